The van der Waals surface area contributed by atoms with Gasteiger partial charge in [-0.2, -0.15) is 0 Å². The number of carbonyl (C=O) groups excluding carboxylic acids is 1. The van der Waals surface area contributed by atoms with Gasteiger partial charge < -0.3 is 24.8 Å². The number of benzene rings is 1. The number of likely N-dealkylation sites (tertiary alicyclic amines) is 1. The zero-order valence-electron chi connectivity index (χ0n) is 19.1. The summed E-state index contributed by atoms with van der Waals surface area (Å²) in [5, 5.41) is 14.3. The van der Waals surface area contributed by atoms with Crippen LogP contribution in [0.2, 0.25) is 0 Å². The van der Waals surface area contributed by atoms with Crippen LogP contribution in [-0.2, 0) is 4.79 Å². The molecule has 2 atom stereocenters. The minimum atomic E-state index is -0.783. The Bertz CT molecular complexity index is 675. The van der Waals surface area contributed by atoms with Gasteiger partial charge in [0.1, 0.15) is 19.3 Å². The lowest BCUT2D eigenvalue weighted by molar-refractivity contribution is -0.123. The van der Waals surface area contributed by atoms with Crippen molar-refractivity contribution in [3.05, 3.63) is 23.8 Å². The van der Waals surface area contributed by atoms with Crippen LogP contribution in [-0.4, -0.2) is 54.8 Å². The molecule has 2 N–H and O–H groups in total. The summed E-state index contributed by atoms with van der Waals surface area (Å²) in [4.78, 5) is 15.0. The van der Waals surface area contributed by atoms with E-state index in [2.05, 4.69) is 17.1 Å². The Morgan fingerprint density at radius 1 is 1.03 bits per heavy atom. The zero-order valence-corrected chi connectivity index (χ0v) is 19.1. The number of carbonyl (C=O) groups is 1. The fourth-order valence-electron chi connectivity index (χ4n) is 4.47. The SMILES string of the molecule is CCCCCCCCCC(=O)NC(CN1CCCC1)C(O)c1ccc2c(c1)OCCO2. The summed E-state index contributed by atoms with van der Waals surface area (Å²) in [6.45, 7) is 6.00. The summed E-state index contributed by atoms with van der Waals surface area (Å²) in [6, 6.07) is 5.23. The third-order valence-electron chi connectivity index (χ3n) is 6.30. The van der Waals surface area contributed by atoms with Crippen LogP contribution in [0.5, 0.6) is 11.5 Å². The summed E-state index contributed by atoms with van der Waals surface area (Å²) < 4.78 is 11.3. The van der Waals surface area contributed by atoms with Gasteiger partial charge in [-0.25, -0.2) is 0 Å². The molecule has 0 saturated carbocycles. The molecule has 0 radical (unpaired) electrons. The van der Waals surface area contributed by atoms with E-state index in [1.807, 2.05) is 18.2 Å². The van der Waals surface area contributed by atoms with E-state index in [-0.39, 0.29) is 11.9 Å². The van der Waals surface area contributed by atoms with Crippen LogP contribution >= 0.6 is 0 Å². The average Bonchev–Trinajstić information content (AvgIpc) is 3.30. The number of nitrogens with one attached hydrogen (secondary N) is 1. The number of hydrogen-bond donors (Lipinski definition) is 2. The molecule has 3 rings (SSSR count). The third-order valence-corrected chi connectivity index (χ3v) is 6.30. The zero-order chi connectivity index (χ0) is 21.9. The summed E-state index contributed by atoms with van der Waals surface area (Å²) in [7, 11) is 0. The van der Waals surface area contributed by atoms with E-state index in [1.54, 1.807) is 0 Å². The van der Waals surface area contributed by atoms with Crippen molar-refractivity contribution < 1.29 is 19.4 Å². The van der Waals surface area contributed by atoms with E-state index in [0.717, 1.165) is 31.5 Å². The van der Waals surface area contributed by atoms with Gasteiger partial charge in [0, 0.05) is 13.0 Å². The van der Waals surface area contributed by atoms with Crippen LogP contribution in [0.1, 0.15) is 82.8 Å². The molecule has 2 heterocycles. The van der Waals surface area contributed by atoms with Gasteiger partial charge in [0.05, 0.1) is 6.04 Å². The Hall–Kier alpha value is -1.79. The molecule has 1 fully saturated rings. The number of aliphatic hydroxyl groups excluding tert-OH is 1. The van der Waals surface area contributed by atoms with E-state index >= 15 is 0 Å². The van der Waals surface area contributed by atoms with Gasteiger partial charge >= 0.3 is 0 Å². The molecule has 1 amide bonds. The molecular formula is C25H40N2O4. The van der Waals surface area contributed by atoms with Crippen molar-refractivity contribution in [2.45, 2.75) is 83.3 Å². The van der Waals surface area contributed by atoms with E-state index in [1.165, 1.54) is 44.9 Å². The molecule has 1 aromatic carbocycles. The first-order valence-corrected chi connectivity index (χ1v) is 12.3. The van der Waals surface area contributed by atoms with Crippen LogP contribution in [0.25, 0.3) is 0 Å². The first kappa shape index (κ1) is 23.9. The first-order chi connectivity index (χ1) is 15.2. The molecule has 0 spiro atoms. The molecule has 1 aromatic rings. The molecule has 1 saturated heterocycles. The lowest BCUT2D eigenvalue weighted by Crippen LogP contribution is -2.46. The second-order valence-corrected chi connectivity index (χ2v) is 8.90. The molecule has 0 bridgehead atoms. The smallest absolute Gasteiger partial charge is 0.220 e. The van der Waals surface area contributed by atoms with E-state index in [0.29, 0.717) is 37.7 Å². The topological polar surface area (TPSA) is 71.0 Å². The van der Waals surface area contributed by atoms with Crippen molar-refractivity contribution in [3.63, 3.8) is 0 Å². The van der Waals surface area contributed by atoms with Crippen molar-refractivity contribution in [1.82, 2.24) is 10.2 Å². The van der Waals surface area contributed by atoms with Gasteiger partial charge in [-0.05, 0) is 50.0 Å². The normalized spacial score (nSPS) is 18.0. The monoisotopic (exact) mass is 432 g/mol. The van der Waals surface area contributed by atoms with Gasteiger partial charge in [-0.15, -0.1) is 0 Å². The minimum Gasteiger partial charge on any atom is -0.486 e. The average molecular weight is 433 g/mol. The van der Waals surface area contributed by atoms with Crippen molar-refractivity contribution in [2.75, 3.05) is 32.8 Å². The number of hydrogen-bond acceptors (Lipinski definition) is 5. The number of ether oxygens (including phenoxy) is 2. The lowest BCUT2D eigenvalue weighted by atomic mass is 10.0. The van der Waals surface area contributed by atoms with Crippen LogP contribution in [0.3, 0.4) is 0 Å². The maximum atomic E-state index is 12.6. The molecule has 31 heavy (non-hydrogen) atoms. The van der Waals surface area contributed by atoms with Crippen LogP contribution in [0.15, 0.2) is 18.2 Å². The number of fused-ring (bicyclic) bond motifs is 1. The molecule has 2 unspecified atom stereocenters. The molecule has 0 aromatic heterocycles. The molecule has 6 nitrogen and oxygen atoms in total. The highest BCUT2D eigenvalue weighted by Gasteiger charge is 2.27. The quantitative estimate of drug-likeness (QED) is 0.457. The minimum absolute atomic E-state index is 0.0364. The van der Waals surface area contributed by atoms with Crippen LogP contribution < -0.4 is 14.8 Å². The maximum Gasteiger partial charge on any atom is 0.220 e. The maximum absolute atomic E-state index is 12.6. The summed E-state index contributed by atoms with van der Waals surface area (Å²) in [6.07, 6.45) is 10.4. The van der Waals surface area contributed by atoms with E-state index in [4.69, 9.17) is 9.47 Å². The molecule has 174 valence electrons. The van der Waals surface area contributed by atoms with Crippen molar-refractivity contribution in [3.8, 4) is 11.5 Å². The second kappa shape index (κ2) is 12.9. The molecule has 2 aliphatic heterocycles. The Morgan fingerprint density at radius 2 is 1.71 bits per heavy atom. The number of amides is 1. The van der Waals surface area contributed by atoms with Crippen molar-refractivity contribution in [2.24, 2.45) is 0 Å². The molecule has 0 aliphatic carbocycles. The van der Waals surface area contributed by atoms with E-state index < -0.39 is 6.10 Å². The number of aliphatic hydroxyl groups is 1. The standard InChI is InChI=1S/C25H40N2O4/c1-2-3-4-5-6-7-8-11-24(28)26-21(19-27-14-9-10-15-27)25(29)20-12-13-22-23(18-20)31-17-16-30-22/h12-13,18,21,25,29H,2-11,14-17,19H2,1H3,(H,26,28). The fraction of sp³-hybridized carbons (Fsp3) is 0.720. The highest BCUT2D eigenvalue weighted by molar-refractivity contribution is 5.76. The number of rotatable bonds is 13. The Kier molecular flexibility index (Phi) is 9.94. The Morgan fingerprint density at radius 3 is 2.45 bits per heavy atom. The number of nitrogens with zero attached hydrogens (tertiary/aromatic N) is 1. The summed E-state index contributed by atoms with van der Waals surface area (Å²) in [5.74, 6) is 1.41. The van der Waals surface area contributed by atoms with E-state index in [9.17, 15) is 9.90 Å². The van der Waals surface area contributed by atoms with Gasteiger partial charge in [-0.1, -0.05) is 51.5 Å². The van der Waals surface area contributed by atoms with Gasteiger partial charge in [0.2, 0.25) is 5.91 Å². The third kappa shape index (κ3) is 7.69. The predicted octanol–water partition coefficient (Wildman–Crippen LogP) is 4.21. The van der Waals surface area contributed by atoms with Gasteiger partial charge in [-0.3, -0.25) is 4.79 Å². The molecule has 2 aliphatic rings. The van der Waals surface area contributed by atoms with Crippen molar-refractivity contribution >= 4 is 5.91 Å². The Labute approximate surface area is 187 Å². The fourth-order valence-corrected chi connectivity index (χ4v) is 4.47. The second-order valence-electron chi connectivity index (χ2n) is 8.90. The van der Waals surface area contributed by atoms with Gasteiger partial charge in [0.15, 0.2) is 11.5 Å². The summed E-state index contributed by atoms with van der Waals surface area (Å²) >= 11 is 0. The van der Waals surface area contributed by atoms with Crippen LogP contribution in [0, 0.1) is 0 Å². The molecule has 6 heteroatoms. The van der Waals surface area contributed by atoms with Crippen LogP contribution in [0.4, 0.5) is 0 Å². The highest BCUT2D eigenvalue weighted by atomic mass is 16.6. The number of unbranched alkanes of at least 4 members (excludes halogenated alkanes) is 6. The predicted molar refractivity (Wildman–Crippen MR) is 123 cm³/mol. The largest absolute Gasteiger partial charge is 0.486 e. The lowest BCUT2D eigenvalue weighted by Gasteiger charge is -2.29. The Balaban J connectivity index is 1.54. The van der Waals surface area contributed by atoms with Gasteiger partial charge in [0.25, 0.3) is 0 Å². The highest BCUT2D eigenvalue weighted by Crippen LogP contribution is 2.33. The summed E-state index contributed by atoms with van der Waals surface area (Å²) in [5.41, 5.74) is 0.754. The first-order valence-electron chi connectivity index (χ1n) is 12.3. The van der Waals surface area contributed by atoms with Crippen molar-refractivity contribution in [1.29, 1.82) is 0 Å². The molecular weight excluding hydrogens is 392 g/mol.